The van der Waals surface area contributed by atoms with E-state index in [1.807, 2.05) is 0 Å². The second-order valence-corrected chi connectivity index (χ2v) is 12.6. The number of aliphatic hydroxyl groups excluding tert-OH is 4. The third-order valence-corrected chi connectivity index (χ3v) is 8.20. The van der Waals surface area contributed by atoms with Crippen LogP contribution in [0, 0.1) is 0 Å². The van der Waals surface area contributed by atoms with E-state index in [-0.39, 0.29) is 32.0 Å². The van der Waals surface area contributed by atoms with Crippen LogP contribution in [0.2, 0.25) is 0 Å². The van der Waals surface area contributed by atoms with Gasteiger partial charge in [0.15, 0.2) is 12.6 Å². The Morgan fingerprint density at radius 3 is 2.26 bits per heavy atom. The molecule has 0 aromatic heterocycles. The highest BCUT2D eigenvalue weighted by atomic mass is 32.2. The van der Waals surface area contributed by atoms with Crippen molar-refractivity contribution in [2.45, 2.75) is 111 Å². The fourth-order valence-electron chi connectivity index (χ4n) is 5.31. The third-order valence-electron chi connectivity index (χ3n) is 7.63. The van der Waals surface area contributed by atoms with Gasteiger partial charge in [-0.2, -0.15) is 8.42 Å². The van der Waals surface area contributed by atoms with Crippen LogP contribution in [0.3, 0.4) is 0 Å². The predicted molar refractivity (Wildman–Crippen MR) is 144 cm³/mol. The molecule has 246 valence electrons. The van der Waals surface area contributed by atoms with Gasteiger partial charge in [0.1, 0.15) is 42.7 Å². The Morgan fingerprint density at radius 1 is 1.00 bits per heavy atom. The molecule has 2 heterocycles. The van der Waals surface area contributed by atoms with Crippen molar-refractivity contribution in [1.82, 2.24) is 5.32 Å². The number of carbonyl (C=O) groups excluding carboxylic acids is 1. The Hall–Kier alpha value is -1.14. The highest BCUT2D eigenvalue weighted by Crippen LogP contribution is 2.33. The van der Waals surface area contributed by atoms with Crippen molar-refractivity contribution >= 4 is 16.0 Å². The average Bonchev–Trinajstić information content (AvgIpc) is 2.92. The van der Waals surface area contributed by atoms with Crippen molar-refractivity contribution in [2.24, 2.45) is 28.7 Å². The molecule has 0 bridgehead atoms. The highest BCUT2D eigenvalue weighted by molar-refractivity contribution is 7.86. The van der Waals surface area contributed by atoms with Gasteiger partial charge >= 0.3 is 0 Å². The minimum atomic E-state index is -4.24. The maximum absolute atomic E-state index is 12.8. The van der Waals surface area contributed by atoms with Crippen LogP contribution in [-0.4, -0.2) is 146 Å². The number of hydrogen-bond acceptors (Lipinski definition) is 17. The minimum absolute atomic E-state index is 0.00469. The maximum atomic E-state index is 12.8. The van der Waals surface area contributed by atoms with Crippen molar-refractivity contribution in [3.8, 4) is 0 Å². The van der Waals surface area contributed by atoms with Crippen molar-refractivity contribution in [2.75, 3.05) is 26.0 Å². The summed E-state index contributed by atoms with van der Waals surface area (Å²) in [7, 11) is -4.24. The van der Waals surface area contributed by atoms with E-state index < -0.39 is 102 Å². The molecule has 2 aliphatic heterocycles. The molecule has 6 unspecified atom stereocenters. The molecule has 3 fully saturated rings. The van der Waals surface area contributed by atoms with E-state index in [1.165, 1.54) is 0 Å². The standard InChI is InChI=1S/C23H46N6O12S/c1-42(35,36)41-20-18(39-22-10(26)3-2-9(7-25)37-22)11(27)6-12(29-21(34)13(31)4-5-24)19(20)40-23-17(33)15(28)16(32)14(8-30)38-23/h9-20,22-23,30-33H,2-8,24-28H2,1H3,(H,29,34)/t9?,10?,11-,12+,13-,14?,15-,16-,17?,18?,19+,20?,22-,23-/m0/s1. The summed E-state index contributed by atoms with van der Waals surface area (Å²) in [5.41, 5.74) is 29.8. The Balaban J connectivity index is 1.99. The number of amides is 1. The first-order valence-electron chi connectivity index (χ1n) is 13.8. The summed E-state index contributed by atoms with van der Waals surface area (Å²) >= 11 is 0. The van der Waals surface area contributed by atoms with Gasteiger partial charge < -0.3 is 73.4 Å². The van der Waals surface area contributed by atoms with Gasteiger partial charge in [0, 0.05) is 12.6 Å². The smallest absolute Gasteiger partial charge is 0.264 e. The molecule has 3 aliphatic rings. The van der Waals surface area contributed by atoms with Crippen LogP contribution in [0.1, 0.15) is 25.7 Å². The normalized spacial score (nSPS) is 42.2. The summed E-state index contributed by atoms with van der Waals surface area (Å²) in [5.74, 6) is -0.849. The molecule has 0 spiro atoms. The molecule has 3 rings (SSSR count). The summed E-state index contributed by atoms with van der Waals surface area (Å²) in [6.45, 7) is -0.492. The lowest BCUT2D eigenvalue weighted by Gasteiger charge is -2.49. The minimum Gasteiger partial charge on any atom is -0.394 e. The van der Waals surface area contributed by atoms with E-state index >= 15 is 0 Å². The summed E-state index contributed by atoms with van der Waals surface area (Å²) in [4.78, 5) is 12.8. The molecule has 1 amide bonds. The molecule has 42 heavy (non-hydrogen) atoms. The van der Waals surface area contributed by atoms with E-state index in [0.717, 1.165) is 6.26 Å². The van der Waals surface area contributed by atoms with Crippen LogP contribution >= 0.6 is 0 Å². The van der Waals surface area contributed by atoms with Crippen molar-refractivity contribution in [3.05, 3.63) is 0 Å². The van der Waals surface area contributed by atoms with Gasteiger partial charge in [0.05, 0.1) is 37.1 Å². The number of nitrogens with one attached hydrogen (secondary N) is 1. The van der Waals surface area contributed by atoms with Gasteiger partial charge in [-0.15, -0.1) is 0 Å². The van der Waals surface area contributed by atoms with Crippen LogP contribution in [0.15, 0.2) is 0 Å². The Morgan fingerprint density at radius 2 is 1.67 bits per heavy atom. The number of nitrogens with two attached hydrogens (primary N) is 5. The first-order chi connectivity index (χ1) is 19.7. The molecule has 1 saturated carbocycles. The van der Waals surface area contributed by atoms with E-state index in [0.29, 0.717) is 12.8 Å². The first-order valence-corrected chi connectivity index (χ1v) is 15.6. The van der Waals surface area contributed by atoms with E-state index in [2.05, 4.69) is 5.32 Å². The van der Waals surface area contributed by atoms with Gasteiger partial charge in [-0.1, -0.05) is 0 Å². The molecule has 0 aromatic carbocycles. The number of hydrogen-bond donors (Lipinski definition) is 10. The van der Waals surface area contributed by atoms with Gasteiger partial charge in [-0.3, -0.25) is 8.98 Å². The Labute approximate surface area is 244 Å². The fourth-order valence-corrected chi connectivity index (χ4v) is 5.93. The molecule has 1 aliphatic carbocycles. The number of carbonyl (C=O) groups is 1. The highest BCUT2D eigenvalue weighted by Gasteiger charge is 2.53. The lowest BCUT2D eigenvalue weighted by Crippen LogP contribution is -2.69. The molecule has 0 aromatic rings. The Bertz CT molecular complexity index is 982. The van der Waals surface area contributed by atoms with Gasteiger partial charge in [0.2, 0.25) is 5.91 Å². The van der Waals surface area contributed by atoms with Crippen LogP contribution in [0.5, 0.6) is 0 Å². The van der Waals surface area contributed by atoms with Crippen LogP contribution in [0.25, 0.3) is 0 Å². The van der Waals surface area contributed by atoms with Crippen molar-refractivity contribution in [1.29, 1.82) is 0 Å². The van der Waals surface area contributed by atoms with Gasteiger partial charge in [0.25, 0.3) is 10.1 Å². The van der Waals surface area contributed by atoms with E-state index in [4.69, 9.17) is 51.8 Å². The Kier molecular flexibility index (Phi) is 12.8. The van der Waals surface area contributed by atoms with E-state index in [1.54, 1.807) is 0 Å². The van der Waals surface area contributed by atoms with Crippen LogP contribution in [-0.2, 0) is 38.0 Å². The largest absolute Gasteiger partial charge is 0.394 e. The SMILES string of the molecule is CS(=O)(=O)OC1C(O[C@@H]2OC(CN)CCC2N)[C@@H](N)C[C@@H](NC(=O)[C@@H](O)CCN)[C@H]1O[C@@H]1OC(CO)[C@H](O)[C@H](N)C1O. The monoisotopic (exact) mass is 630 g/mol. The lowest BCUT2D eigenvalue weighted by atomic mass is 9.83. The topological polar surface area (TPSA) is 320 Å². The molecule has 15 N–H and O–H groups in total. The molecule has 18 nitrogen and oxygen atoms in total. The summed E-state index contributed by atoms with van der Waals surface area (Å²) in [6, 6.07) is -4.06. The summed E-state index contributed by atoms with van der Waals surface area (Å²) in [6.07, 6.45) is -11.5. The third kappa shape index (κ3) is 8.73. The lowest BCUT2D eigenvalue weighted by molar-refractivity contribution is -0.311. The second kappa shape index (κ2) is 15.2. The molecule has 0 radical (unpaired) electrons. The molecular weight excluding hydrogens is 584 g/mol. The summed E-state index contributed by atoms with van der Waals surface area (Å²) < 4.78 is 53.9. The van der Waals surface area contributed by atoms with Crippen molar-refractivity contribution < 1.29 is 56.8 Å². The quantitative estimate of drug-likeness (QED) is 0.0896. The van der Waals surface area contributed by atoms with Crippen molar-refractivity contribution in [3.63, 3.8) is 0 Å². The number of ether oxygens (including phenoxy) is 4. The molecule has 19 heteroatoms. The average molecular weight is 631 g/mol. The molecule has 2 saturated heterocycles. The van der Waals surface area contributed by atoms with Crippen LogP contribution < -0.4 is 34.0 Å². The zero-order valence-electron chi connectivity index (χ0n) is 23.4. The first kappa shape index (κ1) is 35.3. The molecular formula is C23H46N6O12S. The van der Waals surface area contributed by atoms with Gasteiger partial charge in [-0.05, 0) is 32.2 Å². The van der Waals surface area contributed by atoms with E-state index in [9.17, 15) is 33.6 Å². The predicted octanol–water partition coefficient (Wildman–Crippen LogP) is -6.42. The number of rotatable bonds is 12. The second-order valence-electron chi connectivity index (χ2n) is 11.0. The van der Waals surface area contributed by atoms with Gasteiger partial charge in [-0.25, -0.2) is 0 Å². The molecule has 14 atom stereocenters. The fraction of sp³-hybridized carbons (Fsp3) is 0.957. The zero-order chi connectivity index (χ0) is 31.4. The maximum Gasteiger partial charge on any atom is 0.264 e. The number of aliphatic hydroxyl groups is 4. The zero-order valence-corrected chi connectivity index (χ0v) is 24.2. The van der Waals surface area contributed by atoms with Crippen LogP contribution in [0.4, 0.5) is 0 Å². The summed E-state index contributed by atoms with van der Waals surface area (Å²) in [5, 5.41) is 43.4.